The molecular formula is C22H21FN2O2. The number of benzene rings is 2. The minimum atomic E-state index is -0.561. The van der Waals surface area contributed by atoms with E-state index in [2.05, 4.69) is 6.07 Å². The van der Waals surface area contributed by atoms with Gasteiger partial charge in [-0.05, 0) is 30.0 Å². The molecule has 1 aliphatic heterocycles. The predicted octanol–water partition coefficient (Wildman–Crippen LogP) is 3.47. The number of hydrogen-bond donors (Lipinski definition) is 1. The lowest BCUT2D eigenvalue weighted by atomic mass is 9.73. The molecule has 0 unspecified atom stereocenters. The second-order valence-corrected chi connectivity index (χ2v) is 7.32. The molecule has 1 aliphatic carbocycles. The fourth-order valence-electron chi connectivity index (χ4n) is 4.16. The quantitative estimate of drug-likeness (QED) is 0.903. The Morgan fingerprint density at radius 2 is 1.89 bits per heavy atom. The van der Waals surface area contributed by atoms with Gasteiger partial charge in [-0.3, -0.25) is 4.79 Å². The van der Waals surface area contributed by atoms with E-state index >= 15 is 0 Å². The smallest absolute Gasteiger partial charge is 0.227 e. The van der Waals surface area contributed by atoms with Gasteiger partial charge in [-0.15, -0.1) is 0 Å². The van der Waals surface area contributed by atoms with Gasteiger partial charge in [0.05, 0.1) is 18.7 Å². The molecule has 0 aromatic heterocycles. The minimum Gasteiger partial charge on any atom is -0.394 e. The second kappa shape index (κ2) is 7.13. The zero-order valence-corrected chi connectivity index (χ0v) is 14.9. The minimum absolute atomic E-state index is 0.000665. The van der Waals surface area contributed by atoms with Crippen LogP contribution < -0.4 is 0 Å². The Morgan fingerprint density at radius 1 is 1.19 bits per heavy atom. The van der Waals surface area contributed by atoms with Crippen LogP contribution in [0.15, 0.2) is 48.5 Å². The third kappa shape index (κ3) is 2.90. The number of carbonyl (C=O) groups excluding carboxylic acids is 1. The number of nitriles is 1. The first-order chi connectivity index (χ1) is 13.2. The summed E-state index contributed by atoms with van der Waals surface area (Å²) >= 11 is 0. The van der Waals surface area contributed by atoms with Gasteiger partial charge in [0.2, 0.25) is 5.91 Å². The summed E-state index contributed by atoms with van der Waals surface area (Å²) in [4.78, 5) is 14.2. The molecule has 1 saturated carbocycles. The summed E-state index contributed by atoms with van der Waals surface area (Å²) in [6.07, 6.45) is 2.79. The number of nitrogens with zero attached hydrogens (tertiary/aromatic N) is 2. The second-order valence-electron chi connectivity index (χ2n) is 7.32. The molecule has 4 rings (SSSR count). The SMILES string of the molecule is N#C[C@H]1[C@H](c2ccc(-c3ccccc3F)cc2)[C@H](CO)N1C(=O)C1CCC1. The van der Waals surface area contributed by atoms with Gasteiger partial charge in [0.25, 0.3) is 0 Å². The lowest BCUT2D eigenvalue weighted by Gasteiger charge is -2.53. The number of amides is 1. The van der Waals surface area contributed by atoms with Crippen molar-refractivity contribution in [2.75, 3.05) is 6.61 Å². The molecule has 3 atom stereocenters. The number of carbonyl (C=O) groups is 1. The van der Waals surface area contributed by atoms with Crippen LogP contribution in [0.5, 0.6) is 0 Å². The Morgan fingerprint density at radius 3 is 2.44 bits per heavy atom. The van der Waals surface area contributed by atoms with Gasteiger partial charge in [0, 0.05) is 17.4 Å². The van der Waals surface area contributed by atoms with E-state index in [4.69, 9.17) is 0 Å². The van der Waals surface area contributed by atoms with Crippen molar-refractivity contribution in [1.29, 1.82) is 5.26 Å². The highest BCUT2D eigenvalue weighted by atomic mass is 19.1. The largest absolute Gasteiger partial charge is 0.394 e. The molecule has 1 heterocycles. The van der Waals surface area contributed by atoms with E-state index in [1.165, 1.54) is 6.07 Å². The summed E-state index contributed by atoms with van der Waals surface area (Å²) in [6, 6.07) is 15.3. The number of likely N-dealkylation sites (tertiary alicyclic amines) is 1. The van der Waals surface area contributed by atoms with Crippen LogP contribution in [-0.4, -0.2) is 34.6 Å². The summed E-state index contributed by atoms with van der Waals surface area (Å²) in [5, 5.41) is 19.5. The van der Waals surface area contributed by atoms with Crippen molar-refractivity contribution in [2.45, 2.75) is 37.3 Å². The summed E-state index contributed by atoms with van der Waals surface area (Å²) in [5.74, 6) is -0.515. The third-order valence-corrected chi connectivity index (χ3v) is 5.92. The summed E-state index contributed by atoms with van der Waals surface area (Å²) < 4.78 is 14.0. The van der Waals surface area contributed by atoms with Crippen LogP contribution in [0.1, 0.15) is 30.7 Å². The van der Waals surface area contributed by atoms with Crippen LogP contribution in [0.25, 0.3) is 11.1 Å². The lowest BCUT2D eigenvalue weighted by molar-refractivity contribution is -0.154. The number of aliphatic hydroxyl groups is 1. The van der Waals surface area contributed by atoms with Gasteiger partial charge < -0.3 is 10.0 Å². The maximum Gasteiger partial charge on any atom is 0.227 e. The highest BCUT2D eigenvalue weighted by Gasteiger charge is 2.53. The van der Waals surface area contributed by atoms with E-state index in [1.807, 2.05) is 24.3 Å². The molecule has 1 amide bonds. The first-order valence-corrected chi connectivity index (χ1v) is 9.33. The molecular weight excluding hydrogens is 343 g/mol. The molecule has 2 aromatic carbocycles. The van der Waals surface area contributed by atoms with Crippen molar-refractivity contribution in [3.8, 4) is 17.2 Å². The van der Waals surface area contributed by atoms with E-state index in [1.54, 1.807) is 23.1 Å². The molecule has 5 heteroatoms. The van der Waals surface area contributed by atoms with E-state index < -0.39 is 6.04 Å². The normalized spacial score (nSPS) is 24.6. The van der Waals surface area contributed by atoms with Gasteiger partial charge in [-0.1, -0.05) is 48.9 Å². The molecule has 27 heavy (non-hydrogen) atoms. The molecule has 4 nitrogen and oxygen atoms in total. The van der Waals surface area contributed by atoms with E-state index in [9.17, 15) is 19.6 Å². The number of aliphatic hydroxyl groups excluding tert-OH is 1. The zero-order valence-electron chi connectivity index (χ0n) is 14.9. The molecule has 1 saturated heterocycles. The van der Waals surface area contributed by atoms with Gasteiger partial charge in [-0.2, -0.15) is 5.26 Å². The van der Waals surface area contributed by atoms with Gasteiger partial charge in [0.15, 0.2) is 0 Å². The van der Waals surface area contributed by atoms with Crippen LogP contribution in [0.4, 0.5) is 4.39 Å². The lowest BCUT2D eigenvalue weighted by Crippen LogP contribution is -2.66. The Hall–Kier alpha value is -2.71. The summed E-state index contributed by atoms with van der Waals surface area (Å²) in [7, 11) is 0. The topological polar surface area (TPSA) is 64.3 Å². The maximum atomic E-state index is 14.0. The van der Waals surface area contributed by atoms with Gasteiger partial charge >= 0.3 is 0 Å². The Kier molecular flexibility index (Phi) is 4.67. The van der Waals surface area contributed by atoms with Crippen molar-refractivity contribution in [1.82, 2.24) is 4.90 Å². The molecule has 2 aliphatic rings. The van der Waals surface area contributed by atoms with E-state index in [0.29, 0.717) is 5.56 Å². The Balaban J connectivity index is 1.58. The van der Waals surface area contributed by atoms with E-state index in [0.717, 1.165) is 30.4 Å². The monoisotopic (exact) mass is 364 g/mol. The van der Waals surface area contributed by atoms with Crippen molar-refractivity contribution in [3.63, 3.8) is 0 Å². The molecule has 2 fully saturated rings. The zero-order chi connectivity index (χ0) is 19.0. The standard InChI is InChI=1S/C22H21FN2O2/c23-18-7-2-1-6-17(18)14-8-10-15(11-9-14)21-19(12-24)25(20(21)13-26)22(27)16-4-3-5-16/h1-2,6-11,16,19-21,26H,3-5,13H2/t19-,20-,21-/m0/s1. The average Bonchev–Trinajstić information content (AvgIpc) is 2.61. The number of halogens is 1. The Labute approximate surface area is 157 Å². The van der Waals surface area contributed by atoms with Crippen molar-refractivity contribution in [3.05, 3.63) is 59.9 Å². The van der Waals surface area contributed by atoms with Crippen LogP contribution in [-0.2, 0) is 4.79 Å². The van der Waals surface area contributed by atoms with Crippen LogP contribution in [0.2, 0.25) is 0 Å². The van der Waals surface area contributed by atoms with Gasteiger partial charge in [-0.25, -0.2) is 4.39 Å². The molecule has 1 N–H and O–H groups in total. The van der Waals surface area contributed by atoms with Crippen molar-refractivity contribution in [2.24, 2.45) is 5.92 Å². The molecule has 0 bridgehead atoms. The van der Waals surface area contributed by atoms with E-state index in [-0.39, 0.29) is 36.2 Å². The summed E-state index contributed by atoms with van der Waals surface area (Å²) in [5.41, 5.74) is 2.17. The van der Waals surface area contributed by atoms with Gasteiger partial charge in [0.1, 0.15) is 11.9 Å². The first-order valence-electron chi connectivity index (χ1n) is 9.33. The fraction of sp³-hybridized carbons (Fsp3) is 0.364. The van der Waals surface area contributed by atoms with Crippen molar-refractivity contribution >= 4 is 5.91 Å². The molecule has 0 spiro atoms. The highest BCUT2D eigenvalue weighted by Crippen LogP contribution is 2.43. The molecule has 2 aromatic rings. The number of hydrogen-bond acceptors (Lipinski definition) is 3. The van der Waals surface area contributed by atoms with Crippen LogP contribution in [0, 0.1) is 23.1 Å². The Bertz CT molecular complexity index is 886. The predicted molar refractivity (Wildman–Crippen MR) is 99.0 cm³/mol. The van der Waals surface area contributed by atoms with Crippen LogP contribution in [0.3, 0.4) is 0 Å². The molecule has 0 radical (unpaired) electrons. The number of rotatable bonds is 4. The summed E-state index contributed by atoms with van der Waals surface area (Å²) in [6.45, 7) is -0.170. The maximum absolute atomic E-state index is 14.0. The molecule has 138 valence electrons. The van der Waals surface area contributed by atoms with Crippen molar-refractivity contribution < 1.29 is 14.3 Å². The first kappa shape index (κ1) is 17.7. The van der Waals surface area contributed by atoms with Crippen LogP contribution >= 0.6 is 0 Å². The third-order valence-electron chi connectivity index (χ3n) is 5.92. The highest BCUT2D eigenvalue weighted by molar-refractivity contribution is 5.82. The average molecular weight is 364 g/mol. The fourth-order valence-corrected chi connectivity index (χ4v) is 4.16.